The summed E-state index contributed by atoms with van der Waals surface area (Å²) in [5.41, 5.74) is 0. The molecule has 1 aliphatic rings. The van der Waals surface area contributed by atoms with Gasteiger partial charge in [0.05, 0.1) is 12.7 Å². The fourth-order valence-electron chi connectivity index (χ4n) is 2.27. The van der Waals surface area contributed by atoms with E-state index in [0.717, 1.165) is 0 Å². The molecule has 2 nitrogen and oxygen atoms in total. The number of hydrogen-bond acceptors (Lipinski definition) is 2. The van der Waals surface area contributed by atoms with Crippen molar-refractivity contribution in [3.8, 4) is 0 Å². The third-order valence-electron chi connectivity index (χ3n) is 3.29. The summed E-state index contributed by atoms with van der Waals surface area (Å²) >= 11 is 5.61. The Labute approximate surface area is 105 Å². The predicted octanol–water partition coefficient (Wildman–Crippen LogP) is 3.29. The Morgan fingerprint density at radius 3 is 2.56 bits per heavy atom. The van der Waals surface area contributed by atoms with Crippen LogP contribution >= 0.6 is 11.6 Å². The van der Waals surface area contributed by atoms with E-state index in [1.54, 1.807) is 0 Å². The largest absolute Gasteiger partial charge is 0.377 e. The molecule has 0 N–H and O–H groups in total. The molecule has 0 amide bonds. The highest BCUT2D eigenvalue weighted by molar-refractivity contribution is 6.17. The maximum atomic E-state index is 5.66. The normalized spacial score (nSPS) is 19.1. The molecular formula is C13H26ClNO. The lowest BCUT2D eigenvalue weighted by atomic mass is 10.1. The number of ether oxygens (including phenoxy) is 1. The zero-order valence-electron chi connectivity index (χ0n) is 10.6. The lowest BCUT2D eigenvalue weighted by molar-refractivity contribution is 0.0149. The van der Waals surface area contributed by atoms with Gasteiger partial charge in [-0.25, -0.2) is 0 Å². The zero-order chi connectivity index (χ0) is 11.6. The highest BCUT2D eigenvalue weighted by atomic mass is 35.5. The molecule has 96 valence electrons. The summed E-state index contributed by atoms with van der Waals surface area (Å²) in [7, 11) is 0. The van der Waals surface area contributed by atoms with Gasteiger partial charge in [0.25, 0.3) is 0 Å². The van der Waals surface area contributed by atoms with E-state index in [0.29, 0.717) is 18.6 Å². The van der Waals surface area contributed by atoms with E-state index >= 15 is 0 Å². The monoisotopic (exact) mass is 247 g/mol. The van der Waals surface area contributed by atoms with E-state index in [2.05, 4.69) is 11.8 Å². The number of likely N-dealkylation sites (tertiary alicyclic amines) is 1. The number of piperidine rings is 1. The van der Waals surface area contributed by atoms with Crippen molar-refractivity contribution in [3.05, 3.63) is 0 Å². The topological polar surface area (TPSA) is 12.5 Å². The second-order valence-electron chi connectivity index (χ2n) is 4.66. The maximum absolute atomic E-state index is 5.66. The second-order valence-corrected chi connectivity index (χ2v) is 5.04. The van der Waals surface area contributed by atoms with Gasteiger partial charge in [0.1, 0.15) is 0 Å². The van der Waals surface area contributed by atoms with Gasteiger partial charge in [-0.1, -0.05) is 26.2 Å². The number of rotatable bonds is 8. The van der Waals surface area contributed by atoms with E-state index in [1.807, 2.05) is 0 Å². The lowest BCUT2D eigenvalue weighted by Crippen LogP contribution is -2.37. The van der Waals surface area contributed by atoms with Crippen LogP contribution in [0.4, 0.5) is 0 Å². The summed E-state index contributed by atoms with van der Waals surface area (Å²) in [6.07, 6.45) is 8.30. The van der Waals surface area contributed by atoms with Crippen LogP contribution in [0.25, 0.3) is 0 Å². The lowest BCUT2D eigenvalue weighted by Gasteiger charge is -2.31. The van der Waals surface area contributed by atoms with Gasteiger partial charge in [-0.2, -0.15) is 0 Å². The van der Waals surface area contributed by atoms with E-state index < -0.39 is 0 Å². The molecule has 1 aliphatic heterocycles. The number of nitrogens with zero attached hydrogens (tertiary/aromatic N) is 1. The smallest absolute Gasteiger partial charge is 0.0605 e. The Bertz CT molecular complexity index is 158. The van der Waals surface area contributed by atoms with Crippen molar-refractivity contribution < 1.29 is 4.74 Å². The van der Waals surface area contributed by atoms with Crippen LogP contribution in [0, 0.1) is 0 Å². The molecular weight excluding hydrogens is 222 g/mol. The van der Waals surface area contributed by atoms with Gasteiger partial charge in [-0.15, -0.1) is 11.6 Å². The first kappa shape index (κ1) is 14.3. The minimum Gasteiger partial charge on any atom is -0.377 e. The molecule has 0 bridgehead atoms. The first-order valence-electron chi connectivity index (χ1n) is 6.76. The fourth-order valence-corrected chi connectivity index (χ4v) is 2.36. The minimum absolute atomic E-state index is 0.464. The molecule has 1 saturated heterocycles. The van der Waals surface area contributed by atoms with Crippen LogP contribution in [-0.4, -0.2) is 43.1 Å². The molecule has 0 radical (unpaired) electrons. The minimum atomic E-state index is 0.464. The summed E-state index contributed by atoms with van der Waals surface area (Å²) in [4.78, 5) is 2.58. The van der Waals surface area contributed by atoms with Crippen molar-refractivity contribution in [2.75, 3.05) is 32.1 Å². The molecule has 0 unspecified atom stereocenters. The molecule has 1 fully saturated rings. The van der Waals surface area contributed by atoms with Gasteiger partial charge in [0.15, 0.2) is 0 Å². The first-order valence-corrected chi connectivity index (χ1v) is 7.30. The zero-order valence-corrected chi connectivity index (χ0v) is 11.3. The number of halogens is 1. The summed E-state index contributed by atoms with van der Waals surface area (Å²) in [5.74, 6) is 0.622. The number of unbranched alkanes of at least 4 members (excludes halogenated alkanes) is 3. The molecule has 0 spiro atoms. The number of alkyl halides is 1. The maximum Gasteiger partial charge on any atom is 0.0605 e. The first-order chi connectivity index (χ1) is 7.86. The molecule has 0 aromatic heterocycles. The second kappa shape index (κ2) is 9.26. The van der Waals surface area contributed by atoms with Crippen molar-refractivity contribution in [1.82, 2.24) is 4.90 Å². The predicted molar refractivity (Wildman–Crippen MR) is 70.3 cm³/mol. The third-order valence-corrected chi connectivity index (χ3v) is 3.45. The molecule has 0 atom stereocenters. The van der Waals surface area contributed by atoms with E-state index in [1.165, 1.54) is 58.2 Å². The van der Waals surface area contributed by atoms with Crippen LogP contribution in [0.3, 0.4) is 0 Å². The Hall–Kier alpha value is 0.210. The van der Waals surface area contributed by atoms with Crippen molar-refractivity contribution in [1.29, 1.82) is 0 Å². The van der Waals surface area contributed by atoms with E-state index in [9.17, 15) is 0 Å². The van der Waals surface area contributed by atoms with Crippen LogP contribution in [0.5, 0.6) is 0 Å². The summed E-state index contributed by atoms with van der Waals surface area (Å²) in [6.45, 7) is 6.67. The summed E-state index contributed by atoms with van der Waals surface area (Å²) < 4.78 is 5.66. The van der Waals surface area contributed by atoms with Gasteiger partial charge in [-0.3, -0.25) is 0 Å². The van der Waals surface area contributed by atoms with Gasteiger partial charge < -0.3 is 9.64 Å². The summed E-state index contributed by atoms with van der Waals surface area (Å²) in [6, 6.07) is 0. The molecule has 3 heteroatoms. The van der Waals surface area contributed by atoms with Crippen LogP contribution < -0.4 is 0 Å². The van der Waals surface area contributed by atoms with Crippen LogP contribution in [0.15, 0.2) is 0 Å². The van der Waals surface area contributed by atoms with Gasteiger partial charge in [0, 0.05) is 19.0 Å². The third kappa shape index (κ3) is 6.07. The van der Waals surface area contributed by atoms with Crippen LogP contribution in [-0.2, 0) is 4.74 Å². The van der Waals surface area contributed by atoms with Crippen molar-refractivity contribution in [2.24, 2.45) is 0 Å². The van der Waals surface area contributed by atoms with Gasteiger partial charge >= 0.3 is 0 Å². The molecule has 0 aromatic carbocycles. The Balaban J connectivity index is 1.98. The van der Waals surface area contributed by atoms with Gasteiger partial charge in [-0.05, 0) is 25.8 Å². The standard InChI is InChI=1S/C13H26ClNO/c1-2-3-4-5-9-15-10-6-13(7-11-15)16-12-8-14/h13H,2-12H2,1H3. The molecule has 0 aliphatic carbocycles. The van der Waals surface area contributed by atoms with Crippen LogP contribution in [0.2, 0.25) is 0 Å². The highest BCUT2D eigenvalue weighted by Gasteiger charge is 2.18. The quantitative estimate of drug-likeness (QED) is 0.482. The Kier molecular flexibility index (Phi) is 8.26. The molecule has 0 saturated carbocycles. The Morgan fingerprint density at radius 2 is 1.94 bits per heavy atom. The highest BCUT2D eigenvalue weighted by Crippen LogP contribution is 2.14. The molecule has 1 rings (SSSR count). The van der Waals surface area contributed by atoms with Crippen molar-refractivity contribution in [2.45, 2.75) is 51.6 Å². The van der Waals surface area contributed by atoms with Crippen molar-refractivity contribution in [3.63, 3.8) is 0 Å². The van der Waals surface area contributed by atoms with Crippen LogP contribution in [0.1, 0.15) is 45.4 Å². The van der Waals surface area contributed by atoms with Gasteiger partial charge in [0.2, 0.25) is 0 Å². The molecule has 16 heavy (non-hydrogen) atoms. The average Bonchev–Trinajstić information content (AvgIpc) is 2.33. The number of hydrogen-bond donors (Lipinski definition) is 0. The summed E-state index contributed by atoms with van der Waals surface area (Å²) in [5, 5.41) is 0. The molecule has 1 heterocycles. The Morgan fingerprint density at radius 1 is 1.19 bits per heavy atom. The van der Waals surface area contributed by atoms with E-state index in [-0.39, 0.29) is 0 Å². The van der Waals surface area contributed by atoms with Crippen molar-refractivity contribution >= 4 is 11.6 Å². The average molecular weight is 248 g/mol. The molecule has 0 aromatic rings. The van der Waals surface area contributed by atoms with E-state index in [4.69, 9.17) is 16.3 Å². The fraction of sp³-hybridized carbons (Fsp3) is 1.00. The SMILES string of the molecule is CCCCCCN1CCC(OCCCl)CC1.